The van der Waals surface area contributed by atoms with Gasteiger partial charge in [0.15, 0.2) is 0 Å². The van der Waals surface area contributed by atoms with Crippen LogP contribution in [0.5, 0.6) is 0 Å². The lowest BCUT2D eigenvalue weighted by atomic mass is 10.1. The van der Waals surface area contributed by atoms with Crippen LogP contribution in [0, 0.1) is 0 Å². The Labute approximate surface area is 87.4 Å². The molecule has 3 heteroatoms. The Morgan fingerprint density at radius 2 is 2.00 bits per heavy atom. The van der Waals surface area contributed by atoms with E-state index in [9.17, 15) is 0 Å². The monoisotopic (exact) mass is 213 g/mol. The van der Waals surface area contributed by atoms with E-state index in [-0.39, 0.29) is 0 Å². The summed E-state index contributed by atoms with van der Waals surface area (Å²) in [5.41, 5.74) is 2.37. The summed E-state index contributed by atoms with van der Waals surface area (Å²) in [5.74, 6) is 0. The molecule has 0 saturated carbocycles. The molecule has 68 valence electrons. The van der Waals surface area contributed by atoms with Crippen molar-refractivity contribution in [3.05, 3.63) is 39.4 Å². The topological polar surface area (TPSA) is 12.0 Å². The maximum Gasteiger partial charge on any atom is 0.0664 e. The van der Waals surface area contributed by atoms with E-state index in [1.807, 2.05) is 12.1 Å². The molecule has 0 spiro atoms. The Morgan fingerprint density at radius 3 is 2.62 bits per heavy atom. The predicted octanol–water partition coefficient (Wildman–Crippen LogP) is 2.98. The summed E-state index contributed by atoms with van der Waals surface area (Å²) in [6, 6.07) is 5.68. The average Bonchev–Trinajstić information content (AvgIpc) is 2.04. The van der Waals surface area contributed by atoms with E-state index >= 15 is 0 Å². The van der Waals surface area contributed by atoms with Crippen molar-refractivity contribution in [3.8, 4) is 0 Å². The molecular weight excluding hydrogens is 205 g/mol. The Kier molecular flexibility index (Phi) is 2.58. The molecule has 0 atom stereocenters. The van der Waals surface area contributed by atoms with Gasteiger partial charge in [-0.2, -0.15) is 0 Å². The van der Waals surface area contributed by atoms with E-state index in [2.05, 4.69) is 11.4 Å². The molecule has 1 N–H and O–H groups in total. The van der Waals surface area contributed by atoms with Crippen LogP contribution in [0.2, 0.25) is 10.0 Å². The maximum atomic E-state index is 6.02. The molecule has 1 aliphatic rings. The van der Waals surface area contributed by atoms with Crippen LogP contribution in [-0.2, 0) is 0 Å². The first-order chi connectivity index (χ1) is 6.27. The molecule has 0 aliphatic carbocycles. The zero-order chi connectivity index (χ0) is 9.26. The van der Waals surface area contributed by atoms with Gasteiger partial charge in [-0.25, -0.2) is 0 Å². The van der Waals surface area contributed by atoms with Crippen molar-refractivity contribution in [2.75, 3.05) is 13.1 Å². The predicted molar refractivity (Wildman–Crippen MR) is 57.3 cm³/mol. The normalized spacial score (nSPS) is 15.4. The second-order valence-corrected chi connectivity index (χ2v) is 3.83. The SMILES string of the molecule is Clc1cccc(C=C2CNC2)c1Cl. The van der Waals surface area contributed by atoms with E-state index in [0.717, 1.165) is 18.7 Å². The third-order valence-electron chi connectivity index (χ3n) is 2.05. The molecular formula is C10H9Cl2N. The molecule has 0 amide bonds. The van der Waals surface area contributed by atoms with Gasteiger partial charge in [0.1, 0.15) is 0 Å². The molecule has 1 heterocycles. The summed E-state index contributed by atoms with van der Waals surface area (Å²) in [5, 5.41) is 4.43. The molecule has 0 unspecified atom stereocenters. The number of benzene rings is 1. The molecule has 0 radical (unpaired) electrons. The third kappa shape index (κ3) is 1.88. The van der Waals surface area contributed by atoms with Gasteiger partial charge >= 0.3 is 0 Å². The summed E-state index contributed by atoms with van der Waals surface area (Å²) >= 11 is 11.9. The van der Waals surface area contributed by atoms with Crippen LogP contribution in [0.15, 0.2) is 23.8 Å². The Bertz CT molecular complexity index is 352. The summed E-state index contributed by atoms with van der Waals surface area (Å²) in [7, 11) is 0. The maximum absolute atomic E-state index is 6.02. The van der Waals surface area contributed by atoms with Crippen LogP contribution in [0.3, 0.4) is 0 Å². The highest BCUT2D eigenvalue weighted by atomic mass is 35.5. The molecule has 1 nitrogen and oxygen atoms in total. The number of rotatable bonds is 1. The summed E-state index contributed by atoms with van der Waals surface area (Å²) in [6.45, 7) is 1.92. The molecule has 1 saturated heterocycles. The summed E-state index contributed by atoms with van der Waals surface area (Å²) in [6.07, 6.45) is 2.09. The minimum atomic E-state index is 0.614. The van der Waals surface area contributed by atoms with Gasteiger partial charge in [-0.05, 0) is 17.2 Å². The fourth-order valence-corrected chi connectivity index (χ4v) is 1.59. The highest BCUT2D eigenvalue weighted by Crippen LogP contribution is 2.27. The highest BCUT2D eigenvalue weighted by Gasteiger charge is 2.08. The van der Waals surface area contributed by atoms with Crippen LogP contribution in [0.1, 0.15) is 5.56 Å². The van der Waals surface area contributed by atoms with Crippen molar-refractivity contribution in [2.45, 2.75) is 0 Å². The highest BCUT2D eigenvalue weighted by molar-refractivity contribution is 6.42. The van der Waals surface area contributed by atoms with Crippen molar-refractivity contribution in [3.63, 3.8) is 0 Å². The standard InChI is InChI=1S/C10H9Cl2N/c11-9-3-1-2-8(10(9)12)4-7-5-13-6-7/h1-4,13H,5-6H2. The lowest BCUT2D eigenvalue weighted by Crippen LogP contribution is -2.33. The van der Waals surface area contributed by atoms with Gasteiger partial charge in [0.25, 0.3) is 0 Å². The second-order valence-electron chi connectivity index (χ2n) is 3.05. The van der Waals surface area contributed by atoms with Crippen LogP contribution in [0.25, 0.3) is 6.08 Å². The first kappa shape index (κ1) is 9.07. The van der Waals surface area contributed by atoms with Gasteiger partial charge in [0.05, 0.1) is 10.0 Å². The fraction of sp³-hybridized carbons (Fsp3) is 0.200. The van der Waals surface area contributed by atoms with Crippen LogP contribution in [0.4, 0.5) is 0 Å². The molecule has 1 aliphatic heterocycles. The van der Waals surface area contributed by atoms with Gasteiger partial charge in [0, 0.05) is 13.1 Å². The van der Waals surface area contributed by atoms with E-state index in [1.54, 1.807) is 6.07 Å². The van der Waals surface area contributed by atoms with Crippen LogP contribution >= 0.6 is 23.2 Å². The van der Waals surface area contributed by atoms with Crippen LogP contribution in [-0.4, -0.2) is 13.1 Å². The molecule has 1 aromatic rings. The first-order valence-electron chi connectivity index (χ1n) is 4.11. The largest absolute Gasteiger partial charge is 0.309 e. The number of halogens is 2. The zero-order valence-corrected chi connectivity index (χ0v) is 8.49. The minimum Gasteiger partial charge on any atom is -0.309 e. The van der Waals surface area contributed by atoms with Gasteiger partial charge in [-0.3, -0.25) is 0 Å². The van der Waals surface area contributed by atoms with Crippen molar-refractivity contribution >= 4 is 29.3 Å². The van der Waals surface area contributed by atoms with Crippen LogP contribution < -0.4 is 5.32 Å². The van der Waals surface area contributed by atoms with E-state index < -0.39 is 0 Å². The number of hydrogen-bond acceptors (Lipinski definition) is 1. The smallest absolute Gasteiger partial charge is 0.0664 e. The Balaban J connectivity index is 2.34. The number of nitrogens with one attached hydrogen (secondary N) is 1. The Morgan fingerprint density at radius 1 is 1.23 bits per heavy atom. The molecule has 0 aromatic heterocycles. The molecule has 2 rings (SSSR count). The van der Waals surface area contributed by atoms with E-state index in [1.165, 1.54) is 5.57 Å². The lowest BCUT2D eigenvalue weighted by molar-refractivity contribution is 0.675. The van der Waals surface area contributed by atoms with Crippen molar-refractivity contribution < 1.29 is 0 Å². The lowest BCUT2D eigenvalue weighted by Gasteiger charge is -2.18. The van der Waals surface area contributed by atoms with E-state index in [0.29, 0.717) is 10.0 Å². The van der Waals surface area contributed by atoms with Gasteiger partial charge in [-0.15, -0.1) is 0 Å². The summed E-state index contributed by atoms with van der Waals surface area (Å²) < 4.78 is 0. The summed E-state index contributed by atoms with van der Waals surface area (Å²) in [4.78, 5) is 0. The molecule has 1 aromatic carbocycles. The zero-order valence-electron chi connectivity index (χ0n) is 6.98. The van der Waals surface area contributed by atoms with Gasteiger partial charge in [0.2, 0.25) is 0 Å². The molecule has 0 bridgehead atoms. The average molecular weight is 214 g/mol. The second kappa shape index (κ2) is 3.70. The fourth-order valence-electron chi connectivity index (χ4n) is 1.22. The van der Waals surface area contributed by atoms with Gasteiger partial charge < -0.3 is 5.32 Å². The number of hydrogen-bond donors (Lipinski definition) is 1. The van der Waals surface area contributed by atoms with Crippen molar-refractivity contribution in [2.24, 2.45) is 0 Å². The van der Waals surface area contributed by atoms with E-state index in [4.69, 9.17) is 23.2 Å². The molecule has 13 heavy (non-hydrogen) atoms. The van der Waals surface area contributed by atoms with Crippen molar-refractivity contribution in [1.29, 1.82) is 0 Å². The third-order valence-corrected chi connectivity index (χ3v) is 2.88. The Hall–Kier alpha value is -0.500. The quantitative estimate of drug-likeness (QED) is 0.757. The molecule has 1 fully saturated rings. The minimum absolute atomic E-state index is 0.614. The van der Waals surface area contributed by atoms with Gasteiger partial charge in [-0.1, -0.05) is 41.4 Å². The first-order valence-corrected chi connectivity index (χ1v) is 4.87. The van der Waals surface area contributed by atoms with Crippen molar-refractivity contribution in [1.82, 2.24) is 5.32 Å².